The molecule has 5 nitrogen and oxygen atoms in total. The minimum atomic E-state index is -1.08. The van der Waals surface area contributed by atoms with Gasteiger partial charge in [0.15, 0.2) is 0 Å². The number of rotatable bonds is 5. The van der Waals surface area contributed by atoms with Gasteiger partial charge in [-0.15, -0.1) is 0 Å². The molecule has 1 atom stereocenters. The van der Waals surface area contributed by atoms with Crippen molar-refractivity contribution >= 4 is 11.9 Å². The maximum absolute atomic E-state index is 11.5. The van der Waals surface area contributed by atoms with Crippen LogP contribution in [0.5, 0.6) is 0 Å². The number of amides is 1. The fourth-order valence-corrected chi connectivity index (χ4v) is 0.954. The second kappa shape index (κ2) is 6.19. The van der Waals surface area contributed by atoms with Crippen LogP contribution < -0.4 is 5.32 Å². The van der Waals surface area contributed by atoms with Crippen molar-refractivity contribution in [2.45, 2.75) is 26.8 Å². The lowest BCUT2D eigenvalue weighted by atomic mass is 10.1. The van der Waals surface area contributed by atoms with Crippen LogP contribution in [0.1, 0.15) is 20.8 Å². The van der Waals surface area contributed by atoms with Gasteiger partial charge < -0.3 is 15.2 Å². The summed E-state index contributed by atoms with van der Waals surface area (Å²) in [6.07, 6.45) is 0. The fourth-order valence-electron chi connectivity index (χ4n) is 0.954. The summed E-state index contributed by atoms with van der Waals surface area (Å²) in [5, 5.41) is 11.3. The van der Waals surface area contributed by atoms with E-state index in [1.165, 1.54) is 21.0 Å². The first-order valence-electron chi connectivity index (χ1n) is 4.60. The van der Waals surface area contributed by atoms with Gasteiger partial charge in [0.25, 0.3) is 0 Å². The molecule has 0 aliphatic carbocycles. The Kier molecular flexibility index (Phi) is 5.62. The topological polar surface area (TPSA) is 75.6 Å². The zero-order valence-electron chi connectivity index (χ0n) is 9.46. The first-order chi connectivity index (χ1) is 6.90. The van der Waals surface area contributed by atoms with Crippen LogP contribution in [-0.4, -0.2) is 36.7 Å². The summed E-state index contributed by atoms with van der Waals surface area (Å²) >= 11 is 0. The molecule has 0 aromatic heterocycles. The van der Waals surface area contributed by atoms with Crippen LogP contribution in [-0.2, 0) is 14.3 Å². The molecule has 1 amide bonds. The number of nitrogens with one attached hydrogen (secondary N) is 1. The van der Waals surface area contributed by atoms with Crippen LogP contribution in [0.3, 0.4) is 0 Å². The molecule has 0 saturated carbocycles. The Morgan fingerprint density at radius 2 is 1.87 bits per heavy atom. The molecule has 0 rings (SSSR count). The third kappa shape index (κ3) is 4.60. The van der Waals surface area contributed by atoms with E-state index in [1.54, 1.807) is 6.92 Å². The van der Waals surface area contributed by atoms with Crippen molar-refractivity contribution in [2.75, 3.05) is 13.7 Å². The predicted molar refractivity (Wildman–Crippen MR) is 55.5 cm³/mol. The average molecular weight is 215 g/mol. The molecule has 1 unspecified atom stereocenters. The van der Waals surface area contributed by atoms with Crippen LogP contribution in [0.2, 0.25) is 0 Å². The van der Waals surface area contributed by atoms with E-state index in [2.05, 4.69) is 5.32 Å². The maximum Gasteiger partial charge on any atom is 0.331 e. The molecule has 0 heterocycles. The predicted octanol–water partition coefficient (Wildman–Crippen LogP) is 0.558. The molecule has 15 heavy (non-hydrogen) atoms. The highest BCUT2D eigenvalue weighted by atomic mass is 16.5. The van der Waals surface area contributed by atoms with Gasteiger partial charge >= 0.3 is 5.97 Å². The van der Waals surface area contributed by atoms with Crippen molar-refractivity contribution in [1.29, 1.82) is 0 Å². The van der Waals surface area contributed by atoms with Gasteiger partial charge in [-0.1, -0.05) is 0 Å². The van der Waals surface area contributed by atoms with Gasteiger partial charge in [0.2, 0.25) is 5.91 Å². The SMILES string of the molecule is COCC(C)NC(=O)C(C)=C(C)C(=O)O. The number of carboxylic acids is 1. The minimum absolute atomic E-state index is 0.0529. The Hall–Kier alpha value is -1.36. The largest absolute Gasteiger partial charge is 0.478 e. The van der Waals surface area contributed by atoms with Gasteiger partial charge in [0.1, 0.15) is 0 Å². The molecule has 0 aromatic rings. The Bertz CT molecular complexity index is 283. The van der Waals surface area contributed by atoms with E-state index >= 15 is 0 Å². The standard InChI is InChI=1S/C10H17NO4/c1-6(5-15-4)11-9(12)7(2)8(3)10(13)14/h6H,5H2,1-4H3,(H,11,12)(H,13,14). The van der Waals surface area contributed by atoms with E-state index in [-0.39, 0.29) is 23.1 Å². The molecule has 86 valence electrons. The van der Waals surface area contributed by atoms with Crippen LogP contribution >= 0.6 is 0 Å². The number of methoxy groups -OCH3 is 1. The number of carboxylic acid groups (broad SMARTS) is 1. The number of carbonyl (C=O) groups is 2. The number of ether oxygens (including phenoxy) is 1. The van der Waals surface area contributed by atoms with Gasteiger partial charge in [-0.2, -0.15) is 0 Å². The molecule has 0 spiro atoms. The van der Waals surface area contributed by atoms with Gasteiger partial charge in [-0.3, -0.25) is 4.79 Å². The summed E-state index contributed by atoms with van der Waals surface area (Å²) in [6, 6.07) is -0.140. The first kappa shape index (κ1) is 13.6. The summed E-state index contributed by atoms with van der Waals surface area (Å²) < 4.78 is 4.85. The quantitative estimate of drug-likeness (QED) is 0.657. The van der Waals surface area contributed by atoms with Crippen molar-refractivity contribution in [2.24, 2.45) is 0 Å². The molecule has 0 aliphatic heterocycles. The third-order valence-corrected chi connectivity index (χ3v) is 2.02. The highest BCUT2D eigenvalue weighted by Gasteiger charge is 2.14. The number of aliphatic carboxylic acids is 1. The monoisotopic (exact) mass is 215 g/mol. The lowest BCUT2D eigenvalue weighted by Gasteiger charge is -2.13. The number of hydrogen-bond donors (Lipinski definition) is 2. The molecular weight excluding hydrogens is 198 g/mol. The van der Waals surface area contributed by atoms with E-state index in [0.717, 1.165) is 0 Å². The van der Waals surface area contributed by atoms with E-state index in [0.29, 0.717) is 6.61 Å². The van der Waals surface area contributed by atoms with Gasteiger partial charge in [-0.25, -0.2) is 4.79 Å². The van der Waals surface area contributed by atoms with Gasteiger partial charge in [-0.05, 0) is 20.8 Å². The van der Waals surface area contributed by atoms with Gasteiger partial charge in [0, 0.05) is 24.3 Å². The summed E-state index contributed by atoms with van der Waals surface area (Å²) in [5.41, 5.74) is 0.266. The summed E-state index contributed by atoms with van der Waals surface area (Å²) in [5.74, 6) is -1.46. The van der Waals surface area contributed by atoms with Crippen molar-refractivity contribution < 1.29 is 19.4 Å². The lowest BCUT2D eigenvalue weighted by Crippen LogP contribution is -2.36. The van der Waals surface area contributed by atoms with E-state index < -0.39 is 5.97 Å². The van der Waals surface area contributed by atoms with Crippen molar-refractivity contribution in [1.82, 2.24) is 5.32 Å². The van der Waals surface area contributed by atoms with Crippen LogP contribution in [0, 0.1) is 0 Å². The normalized spacial score (nSPS) is 14.1. The lowest BCUT2D eigenvalue weighted by molar-refractivity contribution is -0.133. The highest BCUT2D eigenvalue weighted by molar-refractivity contribution is 6.01. The number of hydrogen-bond acceptors (Lipinski definition) is 3. The molecule has 5 heteroatoms. The summed E-state index contributed by atoms with van der Waals surface area (Å²) in [6.45, 7) is 5.06. The molecule has 0 radical (unpaired) electrons. The van der Waals surface area contributed by atoms with Crippen molar-refractivity contribution in [3.63, 3.8) is 0 Å². The van der Waals surface area contributed by atoms with Crippen molar-refractivity contribution in [3.05, 3.63) is 11.1 Å². The van der Waals surface area contributed by atoms with Crippen LogP contribution in [0.15, 0.2) is 11.1 Å². The Morgan fingerprint density at radius 3 is 2.27 bits per heavy atom. The Labute approximate surface area is 89.1 Å². The molecule has 2 N–H and O–H groups in total. The average Bonchev–Trinajstić information content (AvgIpc) is 2.15. The fraction of sp³-hybridized carbons (Fsp3) is 0.600. The van der Waals surface area contributed by atoms with Crippen LogP contribution in [0.25, 0.3) is 0 Å². The molecule has 0 fully saturated rings. The molecule has 0 saturated heterocycles. The highest BCUT2D eigenvalue weighted by Crippen LogP contribution is 2.03. The van der Waals surface area contributed by atoms with E-state index in [4.69, 9.17) is 9.84 Å². The molecule has 0 aliphatic rings. The second-order valence-corrected chi connectivity index (χ2v) is 3.39. The third-order valence-electron chi connectivity index (χ3n) is 2.02. The number of carbonyl (C=O) groups excluding carboxylic acids is 1. The van der Waals surface area contributed by atoms with E-state index in [9.17, 15) is 9.59 Å². The van der Waals surface area contributed by atoms with E-state index in [1.807, 2.05) is 0 Å². The smallest absolute Gasteiger partial charge is 0.331 e. The van der Waals surface area contributed by atoms with Crippen LogP contribution in [0.4, 0.5) is 0 Å². The maximum atomic E-state index is 11.5. The first-order valence-corrected chi connectivity index (χ1v) is 4.60. The zero-order chi connectivity index (χ0) is 12.0. The van der Waals surface area contributed by atoms with Gasteiger partial charge in [0.05, 0.1) is 6.61 Å². The Balaban J connectivity index is 4.46. The second-order valence-electron chi connectivity index (χ2n) is 3.39. The minimum Gasteiger partial charge on any atom is -0.478 e. The Morgan fingerprint density at radius 1 is 1.33 bits per heavy atom. The molecule has 0 bridgehead atoms. The summed E-state index contributed by atoms with van der Waals surface area (Å²) in [4.78, 5) is 22.1. The molecule has 0 aromatic carbocycles. The summed E-state index contributed by atoms with van der Waals surface area (Å²) in [7, 11) is 1.54. The zero-order valence-corrected chi connectivity index (χ0v) is 9.46. The molecular formula is C10H17NO4. The van der Waals surface area contributed by atoms with Crippen molar-refractivity contribution in [3.8, 4) is 0 Å².